The average molecular weight is 416 g/mol. The topological polar surface area (TPSA) is 98.8 Å². The fourth-order valence-electron chi connectivity index (χ4n) is 3.54. The molecule has 3 aromatic rings. The summed E-state index contributed by atoms with van der Waals surface area (Å²) < 4.78 is 38.5. The first-order valence-electron chi connectivity index (χ1n) is 9.21. The predicted molar refractivity (Wildman–Crippen MR) is 106 cm³/mol. The zero-order valence-corrected chi connectivity index (χ0v) is 16.6. The van der Waals surface area contributed by atoms with Gasteiger partial charge in [0.2, 0.25) is 10.0 Å². The number of benzene rings is 2. The van der Waals surface area contributed by atoms with Gasteiger partial charge in [-0.2, -0.15) is 4.31 Å². The Hall–Kier alpha value is -2.91. The number of hydrogen-bond donors (Lipinski definition) is 0. The fourth-order valence-corrected chi connectivity index (χ4v) is 5.07. The Kier molecular flexibility index (Phi) is 5.01. The van der Waals surface area contributed by atoms with E-state index < -0.39 is 15.8 Å². The molecule has 1 aromatic heterocycles. The third-order valence-corrected chi connectivity index (χ3v) is 6.95. The highest BCUT2D eigenvalue weighted by molar-refractivity contribution is 7.89. The van der Waals surface area contributed by atoms with Crippen molar-refractivity contribution in [1.29, 1.82) is 0 Å². The summed E-state index contributed by atoms with van der Waals surface area (Å²) in [5.74, 6) is -0.627. The molecule has 1 aliphatic rings. The second kappa shape index (κ2) is 7.49. The summed E-state index contributed by atoms with van der Waals surface area (Å²) in [6.45, 7) is 0.724. The smallest absolute Gasteiger partial charge is 0.420 e. The maximum absolute atomic E-state index is 12.7. The van der Waals surface area contributed by atoms with Crippen LogP contribution < -0.4 is 10.5 Å². The van der Waals surface area contributed by atoms with Crippen molar-refractivity contribution in [2.45, 2.75) is 24.3 Å². The number of para-hydroxylation sites is 1. The van der Waals surface area contributed by atoms with Gasteiger partial charge in [-0.15, -0.1) is 0 Å². The molecule has 0 saturated carbocycles. The van der Waals surface area contributed by atoms with E-state index in [2.05, 4.69) is 0 Å². The SMILES string of the molecule is COc1ccccc1C(=O)Cn1c(=O)oc2cc(S(=O)(=O)N3CCCC3)ccc21. The maximum atomic E-state index is 12.7. The van der Waals surface area contributed by atoms with Crippen molar-refractivity contribution in [2.75, 3.05) is 20.2 Å². The van der Waals surface area contributed by atoms with E-state index in [0.717, 1.165) is 12.8 Å². The van der Waals surface area contributed by atoms with Crippen LogP contribution in [0.25, 0.3) is 11.1 Å². The molecule has 0 N–H and O–H groups in total. The number of rotatable bonds is 6. The van der Waals surface area contributed by atoms with Crippen LogP contribution in [0.4, 0.5) is 0 Å². The van der Waals surface area contributed by atoms with Crippen molar-refractivity contribution in [1.82, 2.24) is 8.87 Å². The van der Waals surface area contributed by atoms with E-state index in [1.807, 2.05) is 0 Å². The first-order chi connectivity index (χ1) is 13.9. The molecule has 9 heteroatoms. The highest BCUT2D eigenvalue weighted by atomic mass is 32.2. The molecule has 1 saturated heterocycles. The van der Waals surface area contributed by atoms with Crippen LogP contribution in [0.15, 0.2) is 56.6 Å². The minimum atomic E-state index is -3.63. The normalized spacial score (nSPS) is 15.1. The van der Waals surface area contributed by atoms with Gasteiger partial charge >= 0.3 is 5.76 Å². The average Bonchev–Trinajstić information content (AvgIpc) is 3.36. The Bertz CT molecular complexity index is 1240. The zero-order valence-electron chi connectivity index (χ0n) is 15.8. The lowest BCUT2D eigenvalue weighted by atomic mass is 10.1. The van der Waals surface area contributed by atoms with Gasteiger partial charge in [-0.05, 0) is 37.1 Å². The van der Waals surface area contributed by atoms with Crippen LogP contribution in [-0.2, 0) is 16.6 Å². The molecule has 0 radical (unpaired) electrons. The molecule has 0 unspecified atom stereocenters. The molecule has 152 valence electrons. The number of sulfonamides is 1. The molecule has 0 spiro atoms. The van der Waals surface area contributed by atoms with Gasteiger partial charge in [0.15, 0.2) is 11.4 Å². The largest absolute Gasteiger partial charge is 0.496 e. The monoisotopic (exact) mass is 416 g/mol. The van der Waals surface area contributed by atoms with E-state index in [9.17, 15) is 18.0 Å². The highest BCUT2D eigenvalue weighted by Crippen LogP contribution is 2.25. The van der Waals surface area contributed by atoms with E-state index in [4.69, 9.17) is 9.15 Å². The Morgan fingerprint density at radius 3 is 2.59 bits per heavy atom. The summed E-state index contributed by atoms with van der Waals surface area (Å²) in [6, 6.07) is 11.0. The van der Waals surface area contributed by atoms with Gasteiger partial charge in [0.25, 0.3) is 0 Å². The molecule has 0 aliphatic carbocycles. The number of Topliss-reactive ketones (excluding diaryl/α,β-unsaturated/α-hetero) is 1. The summed E-state index contributed by atoms with van der Waals surface area (Å²) >= 11 is 0. The van der Waals surface area contributed by atoms with Crippen LogP contribution in [0.1, 0.15) is 23.2 Å². The van der Waals surface area contributed by atoms with Gasteiger partial charge in [0.1, 0.15) is 5.75 Å². The number of fused-ring (bicyclic) bond motifs is 1. The number of hydrogen-bond acceptors (Lipinski definition) is 6. The molecule has 2 heterocycles. The molecule has 29 heavy (non-hydrogen) atoms. The van der Waals surface area contributed by atoms with Crippen molar-refractivity contribution >= 4 is 26.9 Å². The van der Waals surface area contributed by atoms with Crippen LogP contribution in [0.2, 0.25) is 0 Å². The maximum Gasteiger partial charge on any atom is 0.420 e. The molecular formula is C20H20N2O6S. The van der Waals surface area contributed by atoms with Crippen LogP contribution in [-0.4, -0.2) is 43.3 Å². The molecule has 2 aromatic carbocycles. The molecule has 4 rings (SSSR count). The summed E-state index contributed by atoms with van der Waals surface area (Å²) in [7, 11) is -2.16. The van der Waals surface area contributed by atoms with Crippen LogP contribution in [0.3, 0.4) is 0 Å². The van der Waals surface area contributed by atoms with Gasteiger partial charge in [-0.1, -0.05) is 12.1 Å². The van der Waals surface area contributed by atoms with Gasteiger partial charge in [0, 0.05) is 19.2 Å². The Morgan fingerprint density at radius 1 is 1.14 bits per heavy atom. The minimum Gasteiger partial charge on any atom is -0.496 e. The van der Waals surface area contributed by atoms with Gasteiger partial charge in [-0.25, -0.2) is 13.2 Å². The number of oxazole rings is 1. The van der Waals surface area contributed by atoms with E-state index in [1.165, 1.54) is 34.2 Å². The number of carbonyl (C=O) groups excluding carboxylic acids is 1. The Labute approximate surface area is 167 Å². The van der Waals surface area contributed by atoms with E-state index in [0.29, 0.717) is 29.9 Å². The van der Waals surface area contributed by atoms with Crippen LogP contribution >= 0.6 is 0 Å². The number of ether oxygens (including phenoxy) is 1. The molecule has 0 bridgehead atoms. The summed E-state index contributed by atoms with van der Waals surface area (Å²) in [5.41, 5.74) is 0.839. The summed E-state index contributed by atoms with van der Waals surface area (Å²) in [6.07, 6.45) is 1.66. The Morgan fingerprint density at radius 2 is 1.86 bits per heavy atom. The van der Waals surface area contributed by atoms with Gasteiger partial charge in [-0.3, -0.25) is 9.36 Å². The molecule has 8 nitrogen and oxygen atoms in total. The Balaban J connectivity index is 1.69. The van der Waals surface area contributed by atoms with Crippen molar-refractivity contribution in [3.8, 4) is 5.75 Å². The first kappa shape index (κ1) is 19.4. The molecule has 0 atom stereocenters. The van der Waals surface area contributed by atoms with E-state index >= 15 is 0 Å². The van der Waals surface area contributed by atoms with E-state index in [-0.39, 0.29) is 22.8 Å². The number of carbonyl (C=O) groups is 1. The third kappa shape index (κ3) is 3.47. The standard InChI is InChI=1S/C20H20N2O6S/c1-27-18-7-3-2-6-15(18)17(23)13-22-16-9-8-14(12-19(16)28-20(22)24)29(25,26)21-10-4-5-11-21/h2-3,6-9,12H,4-5,10-11,13H2,1H3. The first-order valence-corrected chi connectivity index (χ1v) is 10.7. The lowest BCUT2D eigenvalue weighted by Gasteiger charge is -2.15. The number of aromatic nitrogens is 1. The lowest BCUT2D eigenvalue weighted by molar-refractivity contribution is 0.0967. The van der Waals surface area contributed by atoms with E-state index in [1.54, 1.807) is 24.3 Å². The number of nitrogens with zero attached hydrogens (tertiary/aromatic N) is 2. The van der Waals surface area contributed by atoms with Crippen LogP contribution in [0, 0.1) is 0 Å². The summed E-state index contributed by atoms with van der Waals surface area (Å²) in [4.78, 5) is 25.1. The van der Waals surface area contributed by atoms with Gasteiger partial charge in [0.05, 0.1) is 29.6 Å². The zero-order chi connectivity index (χ0) is 20.6. The molecule has 0 amide bonds. The molecule has 1 fully saturated rings. The lowest BCUT2D eigenvalue weighted by Crippen LogP contribution is -2.27. The minimum absolute atomic E-state index is 0.0730. The fraction of sp³-hybridized carbons (Fsp3) is 0.300. The number of ketones is 1. The van der Waals surface area contributed by atoms with Crippen LogP contribution in [0.5, 0.6) is 5.75 Å². The predicted octanol–water partition coefficient (Wildman–Crippen LogP) is 2.27. The molecular weight excluding hydrogens is 396 g/mol. The van der Waals surface area contributed by atoms with Crippen molar-refractivity contribution in [2.24, 2.45) is 0 Å². The number of methoxy groups -OCH3 is 1. The van der Waals surface area contributed by atoms with Crippen molar-refractivity contribution < 1.29 is 22.4 Å². The quantitative estimate of drug-likeness (QED) is 0.572. The highest BCUT2D eigenvalue weighted by Gasteiger charge is 2.28. The molecule has 1 aliphatic heterocycles. The van der Waals surface area contributed by atoms with Crippen molar-refractivity contribution in [3.63, 3.8) is 0 Å². The summed E-state index contributed by atoms with van der Waals surface area (Å²) in [5, 5.41) is 0. The van der Waals surface area contributed by atoms with Crippen molar-refractivity contribution in [3.05, 3.63) is 58.6 Å². The van der Waals surface area contributed by atoms with Gasteiger partial charge < -0.3 is 9.15 Å². The second-order valence-corrected chi connectivity index (χ2v) is 8.76. The second-order valence-electron chi connectivity index (χ2n) is 6.82. The third-order valence-electron chi connectivity index (χ3n) is 5.05.